The van der Waals surface area contributed by atoms with Gasteiger partial charge in [0.05, 0.1) is 17.4 Å². The molecule has 1 aliphatic heterocycles. The molecule has 0 radical (unpaired) electrons. The first-order valence-corrected chi connectivity index (χ1v) is 8.47. The molecule has 1 aromatic heterocycles. The Morgan fingerprint density at radius 1 is 1.46 bits per heavy atom. The van der Waals surface area contributed by atoms with Gasteiger partial charge in [-0.1, -0.05) is 19.8 Å². The molecule has 0 bridgehead atoms. The van der Waals surface area contributed by atoms with Gasteiger partial charge in [-0.05, 0) is 12.8 Å². The van der Waals surface area contributed by atoms with Gasteiger partial charge in [0.25, 0.3) is 0 Å². The van der Waals surface area contributed by atoms with Gasteiger partial charge in [-0.3, -0.25) is 24.4 Å². The summed E-state index contributed by atoms with van der Waals surface area (Å²) in [5.41, 5.74) is -0.0782. The minimum atomic E-state index is -0.501. The summed E-state index contributed by atoms with van der Waals surface area (Å²) in [5, 5.41) is 14.7. The SMILES string of the molecule is CC(Cn1cc([N+](=O)[O-])cn1)C(=O)N1CCC(=O)C2CCCCC21. The summed E-state index contributed by atoms with van der Waals surface area (Å²) < 4.78 is 1.44. The van der Waals surface area contributed by atoms with Crippen molar-refractivity contribution in [1.29, 1.82) is 0 Å². The molecule has 3 atom stereocenters. The number of likely N-dealkylation sites (tertiary alicyclic amines) is 1. The van der Waals surface area contributed by atoms with E-state index in [-0.39, 0.29) is 29.5 Å². The summed E-state index contributed by atoms with van der Waals surface area (Å²) in [5.74, 6) is -0.0358. The van der Waals surface area contributed by atoms with E-state index in [0.29, 0.717) is 25.3 Å². The van der Waals surface area contributed by atoms with Gasteiger partial charge >= 0.3 is 5.69 Å². The van der Waals surface area contributed by atoms with Crippen LogP contribution < -0.4 is 0 Å². The van der Waals surface area contributed by atoms with Crippen LogP contribution in [0.2, 0.25) is 0 Å². The van der Waals surface area contributed by atoms with Crippen LogP contribution in [0, 0.1) is 22.0 Å². The van der Waals surface area contributed by atoms with Crippen molar-refractivity contribution in [1.82, 2.24) is 14.7 Å². The van der Waals surface area contributed by atoms with Crippen molar-refractivity contribution in [2.24, 2.45) is 11.8 Å². The van der Waals surface area contributed by atoms with Crippen molar-refractivity contribution in [3.63, 3.8) is 0 Å². The standard InChI is InChI=1S/C16H22N4O4/c1-11(9-18-10-12(8-17-18)20(23)24)16(22)19-7-6-15(21)13-4-2-3-5-14(13)19/h8,10-11,13-14H,2-7,9H2,1H3. The maximum Gasteiger partial charge on any atom is 0.306 e. The topological polar surface area (TPSA) is 98.3 Å². The van der Waals surface area contributed by atoms with E-state index < -0.39 is 4.92 Å². The molecule has 3 unspecified atom stereocenters. The van der Waals surface area contributed by atoms with Crippen molar-refractivity contribution in [2.75, 3.05) is 6.54 Å². The molecule has 3 rings (SSSR count). The molecule has 24 heavy (non-hydrogen) atoms. The summed E-state index contributed by atoms with van der Waals surface area (Å²) in [4.78, 5) is 37.0. The highest BCUT2D eigenvalue weighted by molar-refractivity contribution is 5.86. The maximum absolute atomic E-state index is 12.8. The second-order valence-electron chi connectivity index (χ2n) is 6.78. The zero-order chi connectivity index (χ0) is 17.3. The third kappa shape index (κ3) is 3.18. The number of ketones is 1. The van der Waals surface area contributed by atoms with Crippen molar-refractivity contribution < 1.29 is 14.5 Å². The van der Waals surface area contributed by atoms with Crippen LogP contribution in [0.25, 0.3) is 0 Å². The monoisotopic (exact) mass is 334 g/mol. The van der Waals surface area contributed by atoms with Gasteiger partial charge in [0, 0.05) is 24.9 Å². The number of nitrogens with zero attached hydrogens (tertiary/aromatic N) is 4. The van der Waals surface area contributed by atoms with Crippen LogP contribution in [0.15, 0.2) is 12.4 Å². The van der Waals surface area contributed by atoms with Gasteiger partial charge in [-0.15, -0.1) is 0 Å². The van der Waals surface area contributed by atoms with Gasteiger partial charge in [0.2, 0.25) is 5.91 Å². The van der Waals surface area contributed by atoms with Crippen molar-refractivity contribution in [3.8, 4) is 0 Å². The minimum Gasteiger partial charge on any atom is -0.338 e. The van der Waals surface area contributed by atoms with Crippen LogP contribution in [0.3, 0.4) is 0 Å². The number of amides is 1. The highest BCUT2D eigenvalue weighted by Gasteiger charge is 2.41. The number of nitro groups is 1. The molecule has 2 heterocycles. The molecule has 1 saturated heterocycles. The van der Waals surface area contributed by atoms with E-state index in [1.165, 1.54) is 17.1 Å². The number of carbonyl (C=O) groups is 2. The second-order valence-corrected chi connectivity index (χ2v) is 6.78. The van der Waals surface area contributed by atoms with E-state index in [4.69, 9.17) is 0 Å². The van der Waals surface area contributed by atoms with E-state index >= 15 is 0 Å². The van der Waals surface area contributed by atoms with E-state index in [0.717, 1.165) is 25.7 Å². The molecule has 1 aromatic rings. The second kappa shape index (κ2) is 6.70. The number of Topliss-reactive ketones (excluding diaryl/α,β-unsaturated/α-hetero) is 1. The van der Waals surface area contributed by atoms with Gasteiger partial charge in [-0.2, -0.15) is 5.10 Å². The average Bonchev–Trinajstić information content (AvgIpc) is 3.04. The van der Waals surface area contributed by atoms with E-state index in [9.17, 15) is 19.7 Å². The summed E-state index contributed by atoms with van der Waals surface area (Å²) >= 11 is 0. The zero-order valence-corrected chi connectivity index (χ0v) is 13.8. The lowest BCUT2D eigenvalue weighted by molar-refractivity contribution is -0.385. The molecule has 8 heteroatoms. The molecule has 2 fully saturated rings. The zero-order valence-electron chi connectivity index (χ0n) is 13.8. The summed E-state index contributed by atoms with van der Waals surface area (Å²) in [6, 6.07) is 0.0295. The van der Waals surface area contributed by atoms with Crippen LogP contribution >= 0.6 is 0 Å². The van der Waals surface area contributed by atoms with Crippen LogP contribution in [-0.2, 0) is 16.1 Å². The molecular weight excluding hydrogens is 312 g/mol. The lowest BCUT2D eigenvalue weighted by Gasteiger charge is -2.44. The molecule has 1 aliphatic carbocycles. The van der Waals surface area contributed by atoms with Crippen molar-refractivity contribution >= 4 is 17.4 Å². The van der Waals surface area contributed by atoms with Gasteiger partial charge in [0.1, 0.15) is 18.2 Å². The normalized spacial score (nSPS) is 25.2. The van der Waals surface area contributed by atoms with Gasteiger partial charge < -0.3 is 4.90 Å². The fourth-order valence-corrected chi connectivity index (χ4v) is 3.90. The number of fused-ring (bicyclic) bond motifs is 1. The Morgan fingerprint density at radius 2 is 2.21 bits per heavy atom. The average molecular weight is 334 g/mol. The largest absolute Gasteiger partial charge is 0.338 e. The first-order chi connectivity index (χ1) is 11.5. The van der Waals surface area contributed by atoms with Crippen LogP contribution in [0.5, 0.6) is 0 Å². The number of piperidine rings is 1. The van der Waals surface area contributed by atoms with Crippen molar-refractivity contribution in [2.45, 2.75) is 51.6 Å². The predicted octanol–water partition coefficient (Wildman–Crippen LogP) is 1.79. The molecule has 2 aliphatic rings. The molecule has 1 amide bonds. The lowest BCUT2D eigenvalue weighted by Crippen LogP contribution is -2.54. The molecule has 0 spiro atoms. The smallest absolute Gasteiger partial charge is 0.306 e. The Bertz CT molecular complexity index is 656. The van der Waals surface area contributed by atoms with E-state index in [1.54, 1.807) is 0 Å². The van der Waals surface area contributed by atoms with Crippen LogP contribution in [0.4, 0.5) is 5.69 Å². The third-order valence-electron chi connectivity index (χ3n) is 5.14. The molecular formula is C16H22N4O4. The lowest BCUT2D eigenvalue weighted by atomic mass is 9.77. The van der Waals surface area contributed by atoms with Gasteiger partial charge in [0.15, 0.2) is 0 Å². The van der Waals surface area contributed by atoms with E-state index in [2.05, 4.69) is 5.10 Å². The summed E-state index contributed by atoms with van der Waals surface area (Å²) in [7, 11) is 0. The quantitative estimate of drug-likeness (QED) is 0.617. The Labute approximate surface area is 140 Å². The molecule has 130 valence electrons. The Morgan fingerprint density at radius 3 is 2.92 bits per heavy atom. The summed E-state index contributed by atoms with van der Waals surface area (Å²) in [6.07, 6.45) is 6.85. The number of carbonyl (C=O) groups excluding carboxylic acids is 2. The third-order valence-corrected chi connectivity index (χ3v) is 5.14. The molecule has 0 N–H and O–H groups in total. The maximum atomic E-state index is 12.8. The van der Waals surface area contributed by atoms with Gasteiger partial charge in [-0.25, -0.2) is 0 Å². The number of hydrogen-bond acceptors (Lipinski definition) is 5. The summed E-state index contributed by atoms with van der Waals surface area (Å²) in [6.45, 7) is 2.60. The highest BCUT2D eigenvalue weighted by atomic mass is 16.6. The molecule has 8 nitrogen and oxygen atoms in total. The minimum absolute atomic E-state index is 0.00515. The number of rotatable bonds is 4. The number of hydrogen-bond donors (Lipinski definition) is 0. The van der Waals surface area contributed by atoms with E-state index in [1.807, 2.05) is 11.8 Å². The Balaban J connectivity index is 1.67. The fourth-order valence-electron chi connectivity index (χ4n) is 3.90. The fraction of sp³-hybridized carbons (Fsp3) is 0.688. The highest BCUT2D eigenvalue weighted by Crippen LogP contribution is 2.34. The molecule has 0 aromatic carbocycles. The number of aromatic nitrogens is 2. The van der Waals surface area contributed by atoms with Crippen LogP contribution in [-0.4, -0.2) is 43.9 Å². The first-order valence-electron chi connectivity index (χ1n) is 8.47. The first kappa shape index (κ1) is 16.6. The Kier molecular flexibility index (Phi) is 4.64. The Hall–Kier alpha value is -2.25. The predicted molar refractivity (Wildman–Crippen MR) is 85.1 cm³/mol. The van der Waals surface area contributed by atoms with Crippen LogP contribution in [0.1, 0.15) is 39.0 Å². The molecule has 1 saturated carbocycles. The van der Waals surface area contributed by atoms with Crippen molar-refractivity contribution in [3.05, 3.63) is 22.5 Å².